The van der Waals surface area contributed by atoms with E-state index in [0.29, 0.717) is 5.57 Å². The Morgan fingerprint density at radius 1 is 1.28 bits per heavy atom. The van der Waals surface area contributed by atoms with Crippen LogP contribution in [-0.2, 0) is 9.53 Å². The maximum absolute atomic E-state index is 11.7. The standard InChI is InChI=1S/C14H12O3S/c1-17-14(16)13(11-6-7-18-9-11)8-10-2-4-12(15)5-3-10/h2-9,15H,1H3/b13-8+. The van der Waals surface area contributed by atoms with Gasteiger partial charge in [-0.05, 0) is 46.2 Å². The number of phenols is 1. The second-order valence-electron chi connectivity index (χ2n) is 3.65. The maximum atomic E-state index is 11.7. The molecule has 0 saturated heterocycles. The number of benzene rings is 1. The third-order valence-corrected chi connectivity index (χ3v) is 3.12. The van der Waals surface area contributed by atoms with Crippen molar-refractivity contribution in [2.75, 3.05) is 7.11 Å². The Bertz CT molecular complexity index is 553. The molecule has 0 aliphatic heterocycles. The second-order valence-corrected chi connectivity index (χ2v) is 4.43. The lowest BCUT2D eigenvalue weighted by atomic mass is 10.1. The van der Waals surface area contributed by atoms with Crippen LogP contribution in [0.3, 0.4) is 0 Å². The van der Waals surface area contributed by atoms with Gasteiger partial charge in [0.25, 0.3) is 0 Å². The molecule has 2 rings (SSSR count). The minimum atomic E-state index is -0.374. The van der Waals surface area contributed by atoms with E-state index in [-0.39, 0.29) is 11.7 Å². The number of carbonyl (C=O) groups is 1. The number of thiophene rings is 1. The molecule has 1 aromatic carbocycles. The van der Waals surface area contributed by atoms with Crippen LogP contribution < -0.4 is 0 Å². The lowest BCUT2D eigenvalue weighted by Gasteiger charge is -2.03. The first-order valence-electron chi connectivity index (χ1n) is 5.32. The Labute approximate surface area is 109 Å². The number of hydrogen-bond acceptors (Lipinski definition) is 4. The number of hydrogen-bond donors (Lipinski definition) is 1. The summed E-state index contributed by atoms with van der Waals surface area (Å²) >= 11 is 1.52. The highest BCUT2D eigenvalue weighted by molar-refractivity contribution is 7.08. The quantitative estimate of drug-likeness (QED) is 0.681. The topological polar surface area (TPSA) is 46.5 Å². The normalized spacial score (nSPS) is 11.3. The van der Waals surface area contributed by atoms with Gasteiger partial charge >= 0.3 is 5.97 Å². The van der Waals surface area contributed by atoms with Crippen LogP contribution in [0, 0.1) is 0 Å². The van der Waals surface area contributed by atoms with Gasteiger partial charge in [-0.25, -0.2) is 4.79 Å². The molecule has 4 heteroatoms. The van der Waals surface area contributed by atoms with Crippen molar-refractivity contribution >= 4 is 29.0 Å². The molecule has 2 aromatic rings. The molecule has 1 heterocycles. The Morgan fingerprint density at radius 3 is 2.56 bits per heavy atom. The van der Waals surface area contributed by atoms with Crippen LogP contribution in [0.25, 0.3) is 11.6 Å². The molecular weight excluding hydrogens is 248 g/mol. The fourth-order valence-electron chi connectivity index (χ4n) is 1.53. The molecule has 1 N–H and O–H groups in total. The van der Waals surface area contributed by atoms with E-state index in [1.165, 1.54) is 18.4 Å². The van der Waals surface area contributed by atoms with Crippen LogP contribution in [-0.4, -0.2) is 18.2 Å². The summed E-state index contributed by atoms with van der Waals surface area (Å²) in [5.41, 5.74) is 2.17. The van der Waals surface area contributed by atoms with Crippen molar-refractivity contribution in [3.05, 3.63) is 52.2 Å². The van der Waals surface area contributed by atoms with Gasteiger partial charge < -0.3 is 9.84 Å². The number of aromatic hydroxyl groups is 1. The van der Waals surface area contributed by atoms with E-state index < -0.39 is 0 Å². The third kappa shape index (κ3) is 2.78. The van der Waals surface area contributed by atoms with E-state index in [1.807, 2.05) is 16.8 Å². The van der Waals surface area contributed by atoms with Crippen molar-refractivity contribution in [2.45, 2.75) is 0 Å². The molecule has 0 bridgehead atoms. The average molecular weight is 260 g/mol. The minimum Gasteiger partial charge on any atom is -0.508 e. The molecular formula is C14H12O3S. The zero-order valence-corrected chi connectivity index (χ0v) is 10.6. The van der Waals surface area contributed by atoms with Crippen molar-refractivity contribution in [1.29, 1.82) is 0 Å². The highest BCUT2D eigenvalue weighted by atomic mass is 32.1. The third-order valence-electron chi connectivity index (χ3n) is 2.44. The van der Waals surface area contributed by atoms with Crippen LogP contribution in [0.15, 0.2) is 41.1 Å². The van der Waals surface area contributed by atoms with Gasteiger partial charge in [-0.15, -0.1) is 0 Å². The molecule has 0 aliphatic rings. The molecule has 18 heavy (non-hydrogen) atoms. The van der Waals surface area contributed by atoms with E-state index in [1.54, 1.807) is 30.3 Å². The van der Waals surface area contributed by atoms with Crippen molar-refractivity contribution in [2.24, 2.45) is 0 Å². The SMILES string of the molecule is COC(=O)/C(=C/c1ccc(O)cc1)c1ccsc1. The summed E-state index contributed by atoms with van der Waals surface area (Å²) in [4.78, 5) is 11.7. The van der Waals surface area contributed by atoms with Crippen molar-refractivity contribution in [3.8, 4) is 5.75 Å². The monoisotopic (exact) mass is 260 g/mol. The van der Waals surface area contributed by atoms with Gasteiger partial charge in [0.2, 0.25) is 0 Å². The van der Waals surface area contributed by atoms with Gasteiger partial charge in [-0.2, -0.15) is 11.3 Å². The molecule has 0 fully saturated rings. The van der Waals surface area contributed by atoms with Crippen LogP contribution in [0.4, 0.5) is 0 Å². The van der Waals surface area contributed by atoms with Gasteiger partial charge in [0, 0.05) is 0 Å². The summed E-state index contributed by atoms with van der Waals surface area (Å²) in [6.45, 7) is 0. The van der Waals surface area contributed by atoms with E-state index in [4.69, 9.17) is 4.74 Å². The second kappa shape index (κ2) is 5.51. The zero-order chi connectivity index (χ0) is 13.0. The number of rotatable bonds is 3. The molecule has 0 amide bonds. The molecule has 0 aliphatic carbocycles. The molecule has 0 atom stereocenters. The van der Waals surface area contributed by atoms with Gasteiger partial charge in [0.05, 0.1) is 12.7 Å². The first-order chi connectivity index (χ1) is 8.70. The highest BCUT2D eigenvalue weighted by Gasteiger charge is 2.12. The molecule has 3 nitrogen and oxygen atoms in total. The maximum Gasteiger partial charge on any atom is 0.338 e. The van der Waals surface area contributed by atoms with Crippen LogP contribution in [0.1, 0.15) is 11.1 Å². The fourth-order valence-corrected chi connectivity index (χ4v) is 2.18. The smallest absolute Gasteiger partial charge is 0.338 e. The predicted molar refractivity (Wildman–Crippen MR) is 72.3 cm³/mol. The predicted octanol–water partition coefficient (Wildman–Crippen LogP) is 3.17. The van der Waals surface area contributed by atoms with E-state index in [2.05, 4.69) is 0 Å². The van der Waals surface area contributed by atoms with Gasteiger partial charge in [-0.3, -0.25) is 0 Å². The summed E-state index contributed by atoms with van der Waals surface area (Å²) < 4.78 is 4.78. The van der Waals surface area contributed by atoms with Crippen LogP contribution in [0.5, 0.6) is 5.75 Å². The van der Waals surface area contributed by atoms with Crippen molar-refractivity contribution in [3.63, 3.8) is 0 Å². The average Bonchev–Trinajstić information content (AvgIpc) is 2.91. The van der Waals surface area contributed by atoms with Crippen molar-refractivity contribution < 1.29 is 14.6 Å². The number of ether oxygens (including phenoxy) is 1. The summed E-state index contributed by atoms with van der Waals surface area (Å²) in [5.74, 6) is -0.177. The van der Waals surface area contributed by atoms with Crippen LogP contribution >= 0.6 is 11.3 Å². The number of carbonyl (C=O) groups excluding carboxylic acids is 1. The Kier molecular flexibility index (Phi) is 3.79. The molecule has 0 spiro atoms. The summed E-state index contributed by atoms with van der Waals surface area (Å²) in [6, 6.07) is 8.51. The van der Waals surface area contributed by atoms with Crippen molar-refractivity contribution in [1.82, 2.24) is 0 Å². The first-order valence-corrected chi connectivity index (χ1v) is 6.26. The summed E-state index contributed by atoms with van der Waals surface area (Å²) in [5, 5.41) is 13.0. The fraction of sp³-hybridized carbons (Fsp3) is 0.0714. The van der Waals surface area contributed by atoms with Gasteiger partial charge in [0.15, 0.2) is 0 Å². The molecule has 1 aromatic heterocycles. The van der Waals surface area contributed by atoms with Crippen LogP contribution in [0.2, 0.25) is 0 Å². The van der Waals surface area contributed by atoms with E-state index in [9.17, 15) is 9.90 Å². The van der Waals surface area contributed by atoms with Gasteiger partial charge in [-0.1, -0.05) is 12.1 Å². The largest absolute Gasteiger partial charge is 0.508 e. The molecule has 92 valence electrons. The Balaban J connectivity index is 2.40. The Morgan fingerprint density at radius 2 is 2.00 bits per heavy atom. The van der Waals surface area contributed by atoms with E-state index >= 15 is 0 Å². The highest BCUT2D eigenvalue weighted by Crippen LogP contribution is 2.22. The first kappa shape index (κ1) is 12.4. The minimum absolute atomic E-state index is 0.197. The summed E-state index contributed by atoms with van der Waals surface area (Å²) in [6.07, 6.45) is 1.74. The van der Waals surface area contributed by atoms with E-state index in [0.717, 1.165) is 11.1 Å². The number of methoxy groups -OCH3 is 1. The summed E-state index contributed by atoms with van der Waals surface area (Å²) in [7, 11) is 1.36. The Hall–Kier alpha value is -2.07. The van der Waals surface area contributed by atoms with Gasteiger partial charge in [0.1, 0.15) is 5.75 Å². The molecule has 0 unspecified atom stereocenters. The number of esters is 1. The molecule has 0 saturated carbocycles. The lowest BCUT2D eigenvalue weighted by molar-refractivity contribution is -0.133. The lowest BCUT2D eigenvalue weighted by Crippen LogP contribution is -2.02. The zero-order valence-electron chi connectivity index (χ0n) is 9.79. The number of phenolic OH excluding ortho intramolecular Hbond substituents is 1. The molecule has 0 radical (unpaired) electrons.